The van der Waals surface area contributed by atoms with Crippen LogP contribution in [0.1, 0.15) is 31.4 Å². The second-order valence-corrected chi connectivity index (χ2v) is 5.39. The largest absolute Gasteiger partial charge is 0.490 e. The minimum atomic E-state index is -0.0360. The van der Waals surface area contributed by atoms with E-state index in [9.17, 15) is 4.79 Å². The highest BCUT2D eigenvalue weighted by atomic mass is 16.5. The first-order chi connectivity index (χ1) is 10.6. The Balaban J connectivity index is 2.52. The van der Waals surface area contributed by atoms with Crippen LogP contribution in [0.15, 0.2) is 18.2 Å². The maximum atomic E-state index is 11.8. The van der Waals surface area contributed by atoms with Crippen molar-refractivity contribution in [3.05, 3.63) is 29.3 Å². The van der Waals surface area contributed by atoms with Crippen molar-refractivity contribution in [3.63, 3.8) is 0 Å². The van der Waals surface area contributed by atoms with E-state index in [0.717, 1.165) is 23.3 Å². The number of hydrogen-bond donors (Lipinski definition) is 2. The Morgan fingerprint density at radius 2 is 2.14 bits per heavy atom. The Kier molecular flexibility index (Phi) is 8.55. The molecule has 5 heteroatoms. The molecule has 2 N–H and O–H groups in total. The Labute approximate surface area is 133 Å². The number of rotatable bonds is 10. The number of amides is 1. The third-order valence-electron chi connectivity index (χ3n) is 3.37. The zero-order chi connectivity index (χ0) is 16.4. The molecule has 0 radical (unpaired) electrons. The second-order valence-electron chi connectivity index (χ2n) is 5.39. The summed E-state index contributed by atoms with van der Waals surface area (Å²) in [5.41, 5.74) is 2.14. The summed E-state index contributed by atoms with van der Waals surface area (Å²) in [4.78, 5) is 11.8. The summed E-state index contributed by atoms with van der Waals surface area (Å²) in [5, 5.41) is 5.92. The molecule has 124 valence electrons. The fourth-order valence-electron chi connectivity index (χ4n) is 1.85. The number of hydrogen-bond acceptors (Lipinski definition) is 4. The first-order valence-electron chi connectivity index (χ1n) is 7.79. The van der Waals surface area contributed by atoms with E-state index in [1.165, 1.54) is 0 Å². The van der Waals surface area contributed by atoms with Crippen molar-refractivity contribution in [2.75, 3.05) is 26.8 Å². The van der Waals surface area contributed by atoms with Gasteiger partial charge < -0.3 is 20.1 Å². The SMILES string of the molecule is CCC(C)Oc1cc(C)ccc1CNC(=O)CNCCOC. The van der Waals surface area contributed by atoms with Crippen molar-refractivity contribution < 1.29 is 14.3 Å². The summed E-state index contributed by atoms with van der Waals surface area (Å²) in [5.74, 6) is 0.813. The Bertz CT molecular complexity index is 463. The van der Waals surface area contributed by atoms with Crippen LogP contribution in [-0.4, -0.2) is 38.8 Å². The highest BCUT2D eigenvalue weighted by Crippen LogP contribution is 2.22. The van der Waals surface area contributed by atoms with Crippen molar-refractivity contribution in [2.45, 2.75) is 39.8 Å². The van der Waals surface area contributed by atoms with Crippen LogP contribution in [0, 0.1) is 6.92 Å². The van der Waals surface area contributed by atoms with Gasteiger partial charge in [0.25, 0.3) is 0 Å². The molecular weight excluding hydrogens is 280 g/mol. The van der Waals surface area contributed by atoms with Gasteiger partial charge in [0.1, 0.15) is 5.75 Å². The van der Waals surface area contributed by atoms with E-state index in [2.05, 4.69) is 17.6 Å². The lowest BCUT2D eigenvalue weighted by Crippen LogP contribution is -2.35. The molecule has 1 unspecified atom stereocenters. The number of ether oxygens (including phenoxy) is 2. The van der Waals surface area contributed by atoms with Crippen molar-refractivity contribution in [2.24, 2.45) is 0 Å². The van der Waals surface area contributed by atoms with Gasteiger partial charge in [-0.15, -0.1) is 0 Å². The van der Waals surface area contributed by atoms with Crippen molar-refractivity contribution in [3.8, 4) is 5.75 Å². The van der Waals surface area contributed by atoms with Gasteiger partial charge in [-0.25, -0.2) is 0 Å². The van der Waals surface area contributed by atoms with Crippen LogP contribution in [0.3, 0.4) is 0 Å². The van der Waals surface area contributed by atoms with Crippen LogP contribution in [0.4, 0.5) is 0 Å². The van der Waals surface area contributed by atoms with Gasteiger partial charge in [0.05, 0.1) is 19.3 Å². The average molecular weight is 308 g/mol. The van der Waals surface area contributed by atoms with E-state index in [0.29, 0.717) is 19.7 Å². The van der Waals surface area contributed by atoms with Crippen LogP contribution < -0.4 is 15.4 Å². The van der Waals surface area contributed by atoms with Crippen LogP contribution in [-0.2, 0) is 16.1 Å². The molecule has 1 aromatic carbocycles. The topological polar surface area (TPSA) is 59.6 Å². The lowest BCUT2D eigenvalue weighted by atomic mass is 10.1. The predicted molar refractivity (Wildman–Crippen MR) is 88.2 cm³/mol. The van der Waals surface area contributed by atoms with E-state index in [1.807, 2.05) is 32.0 Å². The first-order valence-corrected chi connectivity index (χ1v) is 7.79. The number of benzene rings is 1. The minimum Gasteiger partial charge on any atom is -0.490 e. The highest BCUT2D eigenvalue weighted by Gasteiger charge is 2.09. The molecule has 0 saturated carbocycles. The smallest absolute Gasteiger partial charge is 0.234 e. The van der Waals surface area contributed by atoms with E-state index >= 15 is 0 Å². The van der Waals surface area contributed by atoms with Crippen LogP contribution in [0.2, 0.25) is 0 Å². The fourth-order valence-corrected chi connectivity index (χ4v) is 1.85. The lowest BCUT2D eigenvalue weighted by Gasteiger charge is -2.17. The Hall–Kier alpha value is -1.59. The summed E-state index contributed by atoms with van der Waals surface area (Å²) in [6.45, 7) is 8.19. The molecule has 1 rings (SSSR count). The minimum absolute atomic E-state index is 0.0360. The molecule has 0 spiro atoms. The zero-order valence-corrected chi connectivity index (χ0v) is 14.1. The fraction of sp³-hybridized carbons (Fsp3) is 0.588. The van der Waals surface area contributed by atoms with Crippen LogP contribution in [0.5, 0.6) is 5.75 Å². The van der Waals surface area contributed by atoms with Gasteiger partial charge in [-0.05, 0) is 31.9 Å². The molecule has 0 aliphatic heterocycles. The Morgan fingerprint density at radius 3 is 2.82 bits per heavy atom. The number of nitrogens with one attached hydrogen (secondary N) is 2. The zero-order valence-electron chi connectivity index (χ0n) is 14.1. The third kappa shape index (κ3) is 6.91. The van der Waals surface area contributed by atoms with Gasteiger partial charge in [-0.3, -0.25) is 4.79 Å². The summed E-state index contributed by atoms with van der Waals surface area (Å²) >= 11 is 0. The maximum absolute atomic E-state index is 11.8. The lowest BCUT2D eigenvalue weighted by molar-refractivity contribution is -0.120. The van der Waals surface area contributed by atoms with Crippen LogP contribution >= 0.6 is 0 Å². The molecule has 0 heterocycles. The predicted octanol–water partition coefficient (Wildman–Crippen LogP) is 2.02. The molecule has 0 aromatic heterocycles. The molecule has 5 nitrogen and oxygen atoms in total. The number of carbonyl (C=O) groups is 1. The molecule has 1 amide bonds. The van der Waals surface area contributed by atoms with E-state index in [-0.39, 0.29) is 18.6 Å². The molecule has 0 saturated heterocycles. The van der Waals surface area contributed by atoms with Gasteiger partial charge in [-0.2, -0.15) is 0 Å². The summed E-state index contributed by atoms with van der Waals surface area (Å²) in [7, 11) is 1.64. The van der Waals surface area contributed by atoms with E-state index in [4.69, 9.17) is 9.47 Å². The monoisotopic (exact) mass is 308 g/mol. The quantitative estimate of drug-likeness (QED) is 0.649. The standard InChI is InChI=1S/C17H28N2O3/c1-5-14(3)22-16-10-13(2)6-7-15(16)11-19-17(20)12-18-8-9-21-4/h6-7,10,14,18H,5,8-9,11-12H2,1-4H3,(H,19,20). The Morgan fingerprint density at radius 1 is 1.36 bits per heavy atom. The summed E-state index contributed by atoms with van der Waals surface area (Å²) < 4.78 is 10.9. The highest BCUT2D eigenvalue weighted by molar-refractivity contribution is 5.78. The second kappa shape index (κ2) is 10.2. The molecule has 0 bridgehead atoms. The molecule has 0 aliphatic rings. The van der Waals surface area contributed by atoms with Crippen LogP contribution in [0.25, 0.3) is 0 Å². The van der Waals surface area contributed by atoms with Gasteiger partial charge >= 0.3 is 0 Å². The number of carbonyl (C=O) groups excluding carboxylic acids is 1. The van der Waals surface area contributed by atoms with Gasteiger partial charge in [0, 0.05) is 25.8 Å². The number of methoxy groups -OCH3 is 1. The first kappa shape index (κ1) is 18.5. The summed E-state index contributed by atoms with van der Waals surface area (Å²) in [6, 6.07) is 6.05. The van der Waals surface area contributed by atoms with Crippen molar-refractivity contribution in [1.82, 2.24) is 10.6 Å². The van der Waals surface area contributed by atoms with Gasteiger partial charge in [0.2, 0.25) is 5.91 Å². The molecule has 0 aliphatic carbocycles. The summed E-state index contributed by atoms with van der Waals surface area (Å²) in [6.07, 6.45) is 1.11. The maximum Gasteiger partial charge on any atom is 0.234 e. The van der Waals surface area contributed by atoms with E-state index < -0.39 is 0 Å². The van der Waals surface area contributed by atoms with Gasteiger partial charge in [0.15, 0.2) is 0 Å². The third-order valence-corrected chi connectivity index (χ3v) is 3.37. The molecule has 1 atom stereocenters. The van der Waals surface area contributed by atoms with Crippen molar-refractivity contribution in [1.29, 1.82) is 0 Å². The average Bonchev–Trinajstić information content (AvgIpc) is 2.50. The molecular formula is C17H28N2O3. The van der Waals surface area contributed by atoms with E-state index in [1.54, 1.807) is 7.11 Å². The molecule has 22 heavy (non-hydrogen) atoms. The van der Waals surface area contributed by atoms with Gasteiger partial charge in [-0.1, -0.05) is 19.1 Å². The normalized spacial score (nSPS) is 12.0. The van der Waals surface area contributed by atoms with Crippen molar-refractivity contribution >= 4 is 5.91 Å². The number of aryl methyl sites for hydroxylation is 1. The molecule has 1 aromatic rings. The molecule has 0 fully saturated rings.